The van der Waals surface area contributed by atoms with Gasteiger partial charge in [0.15, 0.2) is 5.69 Å². The molecular weight excluding hydrogens is 388 g/mol. The monoisotopic (exact) mass is 414 g/mol. The number of aromatic nitrogens is 2. The first-order chi connectivity index (χ1) is 14.0. The third-order valence-electron chi connectivity index (χ3n) is 5.94. The zero-order valence-electron chi connectivity index (χ0n) is 17.0. The number of likely N-dealkylation sites (N-methyl/N-ethyl adjacent to an activating group) is 1. The van der Waals surface area contributed by atoms with E-state index in [0.29, 0.717) is 23.7 Å². The van der Waals surface area contributed by atoms with E-state index in [4.69, 9.17) is 16.7 Å². The number of hydrogen-bond acceptors (Lipinski definition) is 3. The standard InChI is InChI=1S/C22H27ClN4O2/c1-25(2)21(28)19-9-6-14-26(19)22(29)20-17-7-4-3-5-8-18(17)27(24-20)16-12-10-15(23)11-13-16/h10-13,19H,3-9,14H2,1-2H3. The SMILES string of the molecule is CN(C)C(=O)C1CCCN1C(=O)c1nn(-c2ccc(Cl)cc2)c2c1CCCCC2. The van der Waals surface area contributed by atoms with Gasteiger partial charge in [-0.2, -0.15) is 5.10 Å². The van der Waals surface area contributed by atoms with Gasteiger partial charge in [0.25, 0.3) is 5.91 Å². The normalized spacial score (nSPS) is 19.0. The summed E-state index contributed by atoms with van der Waals surface area (Å²) in [5.41, 5.74) is 3.58. The lowest BCUT2D eigenvalue weighted by molar-refractivity contribution is -0.132. The summed E-state index contributed by atoms with van der Waals surface area (Å²) in [6.45, 7) is 0.603. The van der Waals surface area contributed by atoms with E-state index in [1.54, 1.807) is 23.9 Å². The quantitative estimate of drug-likeness (QED) is 0.722. The highest BCUT2D eigenvalue weighted by molar-refractivity contribution is 6.30. The average Bonchev–Trinajstić information content (AvgIpc) is 3.26. The molecule has 0 N–H and O–H groups in total. The van der Waals surface area contributed by atoms with Crippen LogP contribution >= 0.6 is 11.6 Å². The predicted molar refractivity (Wildman–Crippen MR) is 113 cm³/mol. The molecule has 0 saturated carbocycles. The second-order valence-corrected chi connectivity index (χ2v) is 8.55. The molecule has 4 rings (SSSR count). The summed E-state index contributed by atoms with van der Waals surface area (Å²) in [5.74, 6) is -0.132. The Morgan fingerprint density at radius 2 is 1.79 bits per heavy atom. The van der Waals surface area contributed by atoms with Crippen LogP contribution in [0, 0.1) is 0 Å². The Kier molecular flexibility index (Phi) is 5.63. The summed E-state index contributed by atoms with van der Waals surface area (Å²) in [4.78, 5) is 29.4. The van der Waals surface area contributed by atoms with Gasteiger partial charge in [-0.15, -0.1) is 0 Å². The molecular formula is C22H27ClN4O2. The van der Waals surface area contributed by atoms with Gasteiger partial charge in [-0.25, -0.2) is 4.68 Å². The Hall–Kier alpha value is -2.34. The highest BCUT2D eigenvalue weighted by atomic mass is 35.5. The lowest BCUT2D eigenvalue weighted by Gasteiger charge is -2.25. The van der Waals surface area contributed by atoms with Gasteiger partial charge in [0.2, 0.25) is 5.91 Å². The Morgan fingerprint density at radius 1 is 1.07 bits per heavy atom. The molecule has 1 aromatic carbocycles. The van der Waals surface area contributed by atoms with Crippen LogP contribution in [0.4, 0.5) is 0 Å². The smallest absolute Gasteiger partial charge is 0.275 e. The lowest BCUT2D eigenvalue weighted by atomic mass is 10.1. The summed E-state index contributed by atoms with van der Waals surface area (Å²) in [6.07, 6.45) is 6.60. The van der Waals surface area contributed by atoms with Crippen LogP contribution in [-0.4, -0.2) is 58.1 Å². The van der Waals surface area contributed by atoms with Crippen molar-refractivity contribution in [1.82, 2.24) is 19.6 Å². The van der Waals surface area contributed by atoms with Gasteiger partial charge in [0.05, 0.1) is 5.69 Å². The van der Waals surface area contributed by atoms with Crippen LogP contribution in [0.25, 0.3) is 5.69 Å². The zero-order valence-corrected chi connectivity index (χ0v) is 17.8. The van der Waals surface area contributed by atoms with Crippen molar-refractivity contribution in [2.75, 3.05) is 20.6 Å². The van der Waals surface area contributed by atoms with Crippen molar-refractivity contribution < 1.29 is 9.59 Å². The van der Waals surface area contributed by atoms with Gasteiger partial charge in [-0.3, -0.25) is 9.59 Å². The van der Waals surface area contributed by atoms with Gasteiger partial charge in [-0.05, 0) is 62.8 Å². The number of halogens is 1. The Labute approximate surface area is 176 Å². The number of nitrogens with zero attached hydrogens (tertiary/aromatic N) is 4. The van der Waals surface area contributed by atoms with Gasteiger partial charge in [0, 0.05) is 36.9 Å². The third-order valence-corrected chi connectivity index (χ3v) is 6.20. The molecule has 29 heavy (non-hydrogen) atoms. The van der Waals surface area contributed by atoms with Gasteiger partial charge in [0.1, 0.15) is 6.04 Å². The molecule has 2 aliphatic rings. The van der Waals surface area contributed by atoms with E-state index >= 15 is 0 Å². The van der Waals surface area contributed by atoms with Crippen LogP contribution in [0.1, 0.15) is 53.8 Å². The second kappa shape index (κ2) is 8.19. The topological polar surface area (TPSA) is 58.4 Å². The molecule has 1 aliphatic heterocycles. The summed E-state index contributed by atoms with van der Waals surface area (Å²) in [6, 6.07) is 7.16. The third kappa shape index (κ3) is 3.78. The number of rotatable bonds is 3. The van der Waals surface area contributed by atoms with Gasteiger partial charge < -0.3 is 9.80 Å². The first-order valence-electron chi connectivity index (χ1n) is 10.4. The van der Waals surface area contributed by atoms with Gasteiger partial charge >= 0.3 is 0 Å². The van der Waals surface area contributed by atoms with E-state index in [1.807, 2.05) is 28.9 Å². The first-order valence-corrected chi connectivity index (χ1v) is 10.7. The summed E-state index contributed by atoms with van der Waals surface area (Å²) < 4.78 is 1.91. The maximum Gasteiger partial charge on any atom is 0.275 e. The molecule has 1 unspecified atom stereocenters. The van der Waals surface area contributed by atoms with E-state index in [-0.39, 0.29) is 17.9 Å². The maximum atomic E-state index is 13.5. The van der Waals surface area contributed by atoms with E-state index < -0.39 is 0 Å². The molecule has 1 aromatic heterocycles. The summed E-state index contributed by atoms with van der Waals surface area (Å²) in [7, 11) is 3.48. The van der Waals surface area contributed by atoms with Crippen LogP contribution < -0.4 is 0 Å². The highest BCUT2D eigenvalue weighted by Crippen LogP contribution is 2.29. The molecule has 1 aliphatic carbocycles. The minimum Gasteiger partial charge on any atom is -0.347 e. The van der Waals surface area contributed by atoms with E-state index in [2.05, 4.69) is 0 Å². The molecule has 2 amide bonds. The van der Waals surface area contributed by atoms with Crippen molar-refractivity contribution in [2.24, 2.45) is 0 Å². The van der Waals surface area contributed by atoms with Crippen LogP contribution in [0.2, 0.25) is 5.02 Å². The van der Waals surface area contributed by atoms with Crippen LogP contribution in [0.3, 0.4) is 0 Å². The molecule has 1 saturated heterocycles. The average molecular weight is 415 g/mol. The largest absolute Gasteiger partial charge is 0.347 e. The Morgan fingerprint density at radius 3 is 2.52 bits per heavy atom. The molecule has 6 nitrogen and oxygen atoms in total. The number of amides is 2. The second-order valence-electron chi connectivity index (χ2n) is 8.11. The van der Waals surface area contributed by atoms with Crippen molar-refractivity contribution in [3.8, 4) is 5.69 Å². The van der Waals surface area contributed by atoms with Gasteiger partial charge in [-0.1, -0.05) is 18.0 Å². The lowest BCUT2D eigenvalue weighted by Crippen LogP contribution is -2.45. The fourth-order valence-corrected chi connectivity index (χ4v) is 4.57. The molecule has 0 spiro atoms. The van der Waals surface area contributed by atoms with E-state index in [9.17, 15) is 9.59 Å². The number of benzene rings is 1. The van der Waals surface area contributed by atoms with Crippen LogP contribution in [0.15, 0.2) is 24.3 Å². The summed E-state index contributed by atoms with van der Waals surface area (Å²) in [5, 5.41) is 5.45. The zero-order chi connectivity index (χ0) is 20.5. The molecule has 7 heteroatoms. The Balaban J connectivity index is 1.74. The van der Waals surface area contributed by atoms with E-state index in [0.717, 1.165) is 55.5 Å². The molecule has 0 radical (unpaired) electrons. The molecule has 1 fully saturated rings. The molecule has 2 heterocycles. The van der Waals surface area contributed by atoms with Crippen LogP contribution in [0.5, 0.6) is 0 Å². The van der Waals surface area contributed by atoms with Crippen molar-refractivity contribution in [1.29, 1.82) is 0 Å². The molecule has 2 aromatic rings. The maximum absolute atomic E-state index is 13.5. The van der Waals surface area contributed by atoms with Crippen molar-refractivity contribution >= 4 is 23.4 Å². The fourth-order valence-electron chi connectivity index (χ4n) is 4.44. The summed E-state index contributed by atoms with van der Waals surface area (Å²) >= 11 is 6.06. The fraction of sp³-hybridized carbons (Fsp3) is 0.500. The molecule has 154 valence electrons. The minimum absolute atomic E-state index is 0.0147. The number of carbonyl (C=O) groups is 2. The number of fused-ring (bicyclic) bond motifs is 1. The number of likely N-dealkylation sites (tertiary alicyclic amines) is 1. The van der Waals surface area contributed by atoms with Crippen molar-refractivity contribution in [3.05, 3.63) is 46.2 Å². The number of carbonyl (C=O) groups excluding carboxylic acids is 2. The van der Waals surface area contributed by atoms with Crippen molar-refractivity contribution in [3.63, 3.8) is 0 Å². The van der Waals surface area contributed by atoms with Crippen molar-refractivity contribution in [2.45, 2.75) is 51.0 Å². The Bertz CT molecular complexity index is 920. The molecule has 1 atom stereocenters. The minimum atomic E-state index is -0.389. The van der Waals surface area contributed by atoms with Crippen LogP contribution in [-0.2, 0) is 17.6 Å². The van der Waals surface area contributed by atoms with E-state index in [1.165, 1.54) is 0 Å². The molecule has 0 bridgehead atoms. The first kappa shape index (κ1) is 20.0. The number of hydrogen-bond donors (Lipinski definition) is 0. The highest BCUT2D eigenvalue weighted by Gasteiger charge is 2.38. The predicted octanol–water partition coefficient (Wildman–Crippen LogP) is 3.49.